The molecule has 5 nitrogen and oxygen atoms in total. The quantitative estimate of drug-likeness (QED) is 0.890. The van der Waals surface area contributed by atoms with Crippen molar-refractivity contribution in [2.24, 2.45) is 0 Å². The van der Waals surface area contributed by atoms with Crippen LogP contribution in [0.25, 0.3) is 0 Å². The largest absolute Gasteiger partial charge is 0.480 e. The summed E-state index contributed by atoms with van der Waals surface area (Å²) in [6.45, 7) is 1.08. The van der Waals surface area contributed by atoms with Gasteiger partial charge in [-0.25, -0.2) is 4.79 Å². The summed E-state index contributed by atoms with van der Waals surface area (Å²) in [4.78, 5) is 30.0. The molecule has 0 unspecified atom stereocenters. The summed E-state index contributed by atoms with van der Waals surface area (Å²) in [6, 6.07) is 15.7. The van der Waals surface area contributed by atoms with Crippen molar-refractivity contribution in [3.05, 3.63) is 48.5 Å². The molecule has 2 heterocycles. The Balaban J connectivity index is 1.55. The number of hydrogen-bond donors (Lipinski definition) is 1. The first-order valence-electron chi connectivity index (χ1n) is 8.81. The average molecular weight is 368 g/mol. The van der Waals surface area contributed by atoms with E-state index in [1.54, 1.807) is 11.8 Å². The highest BCUT2D eigenvalue weighted by Gasteiger charge is 2.34. The third-order valence-corrected chi connectivity index (χ3v) is 6.07. The number of benzene rings is 2. The lowest BCUT2D eigenvalue weighted by molar-refractivity contribution is -0.148. The fourth-order valence-electron chi connectivity index (χ4n) is 3.70. The van der Waals surface area contributed by atoms with E-state index in [-0.39, 0.29) is 5.91 Å². The van der Waals surface area contributed by atoms with Crippen LogP contribution in [0, 0.1) is 0 Å². The molecule has 2 aliphatic rings. The van der Waals surface area contributed by atoms with Gasteiger partial charge in [-0.1, -0.05) is 36.0 Å². The first-order chi connectivity index (χ1) is 12.6. The maximum absolute atomic E-state index is 12.7. The van der Waals surface area contributed by atoms with Gasteiger partial charge in [0.15, 0.2) is 0 Å². The Morgan fingerprint density at radius 1 is 1.04 bits per heavy atom. The van der Waals surface area contributed by atoms with Gasteiger partial charge in [0, 0.05) is 29.3 Å². The van der Waals surface area contributed by atoms with Gasteiger partial charge in [0.05, 0.1) is 11.4 Å². The number of aliphatic carboxylic acids is 1. The van der Waals surface area contributed by atoms with Gasteiger partial charge < -0.3 is 14.9 Å². The first-order valence-corrected chi connectivity index (χ1v) is 9.62. The van der Waals surface area contributed by atoms with Gasteiger partial charge in [0.1, 0.15) is 6.04 Å². The molecule has 0 radical (unpaired) electrons. The number of carboxylic acids is 1. The molecule has 1 atom stereocenters. The van der Waals surface area contributed by atoms with E-state index in [0.29, 0.717) is 25.9 Å². The molecule has 0 aliphatic carbocycles. The Bertz CT molecular complexity index is 809. The summed E-state index contributed by atoms with van der Waals surface area (Å²) in [6.07, 6.45) is 1.61. The smallest absolute Gasteiger partial charge is 0.326 e. The third kappa shape index (κ3) is 3.05. The molecule has 1 amide bonds. The number of rotatable bonds is 4. The van der Waals surface area contributed by atoms with E-state index >= 15 is 0 Å². The van der Waals surface area contributed by atoms with E-state index in [9.17, 15) is 14.7 Å². The highest BCUT2D eigenvalue weighted by molar-refractivity contribution is 7.99. The molecule has 2 aliphatic heterocycles. The van der Waals surface area contributed by atoms with E-state index in [4.69, 9.17) is 0 Å². The van der Waals surface area contributed by atoms with Crippen LogP contribution in [0.4, 0.5) is 11.4 Å². The van der Waals surface area contributed by atoms with E-state index in [0.717, 1.165) is 17.8 Å². The Morgan fingerprint density at radius 3 is 2.27 bits per heavy atom. The van der Waals surface area contributed by atoms with Crippen molar-refractivity contribution in [1.29, 1.82) is 0 Å². The molecule has 2 aromatic carbocycles. The lowest BCUT2D eigenvalue weighted by Gasteiger charge is -2.33. The van der Waals surface area contributed by atoms with Crippen molar-refractivity contribution in [3.63, 3.8) is 0 Å². The lowest BCUT2D eigenvalue weighted by atomic mass is 10.2. The monoisotopic (exact) mass is 368 g/mol. The van der Waals surface area contributed by atoms with Crippen molar-refractivity contribution < 1.29 is 14.7 Å². The van der Waals surface area contributed by atoms with Crippen LogP contribution in [0.1, 0.15) is 19.3 Å². The van der Waals surface area contributed by atoms with Gasteiger partial charge >= 0.3 is 5.97 Å². The number of hydrogen-bond acceptors (Lipinski definition) is 4. The molecular formula is C20H20N2O3S. The topological polar surface area (TPSA) is 60.9 Å². The van der Waals surface area contributed by atoms with Crippen molar-refractivity contribution >= 4 is 35.0 Å². The summed E-state index contributed by atoms with van der Waals surface area (Å²) < 4.78 is 0. The van der Waals surface area contributed by atoms with Crippen LogP contribution >= 0.6 is 11.8 Å². The van der Waals surface area contributed by atoms with Gasteiger partial charge in [-0.05, 0) is 37.1 Å². The minimum atomic E-state index is -0.902. The summed E-state index contributed by atoms with van der Waals surface area (Å²) in [5, 5.41) is 9.30. The molecule has 0 aromatic heterocycles. The number of fused-ring (bicyclic) bond motifs is 2. The van der Waals surface area contributed by atoms with Crippen LogP contribution in [0.2, 0.25) is 0 Å². The zero-order valence-corrected chi connectivity index (χ0v) is 15.1. The van der Waals surface area contributed by atoms with E-state index < -0.39 is 12.0 Å². The van der Waals surface area contributed by atoms with Gasteiger partial charge in [0.25, 0.3) is 0 Å². The Labute approximate surface area is 156 Å². The number of anilines is 2. The zero-order chi connectivity index (χ0) is 18.1. The fourth-order valence-corrected chi connectivity index (χ4v) is 4.79. The number of likely N-dealkylation sites (tertiary alicyclic amines) is 1. The lowest BCUT2D eigenvalue weighted by Crippen LogP contribution is -2.41. The number of para-hydroxylation sites is 2. The minimum Gasteiger partial charge on any atom is -0.480 e. The zero-order valence-electron chi connectivity index (χ0n) is 14.3. The molecule has 1 saturated heterocycles. The minimum absolute atomic E-state index is 0.0805. The van der Waals surface area contributed by atoms with Crippen molar-refractivity contribution in [1.82, 2.24) is 4.90 Å². The van der Waals surface area contributed by atoms with E-state index in [1.165, 1.54) is 14.7 Å². The Morgan fingerprint density at radius 2 is 1.65 bits per heavy atom. The molecule has 26 heavy (non-hydrogen) atoms. The molecule has 1 N–H and O–H groups in total. The first kappa shape index (κ1) is 17.0. The summed E-state index contributed by atoms with van der Waals surface area (Å²) >= 11 is 1.74. The highest BCUT2D eigenvalue weighted by atomic mass is 32.2. The van der Waals surface area contributed by atoms with Gasteiger partial charge in [-0.2, -0.15) is 0 Å². The van der Waals surface area contributed by atoms with Crippen LogP contribution in [0.3, 0.4) is 0 Å². The molecule has 4 rings (SSSR count). The molecule has 1 fully saturated rings. The normalized spacial score (nSPS) is 18.4. The third-order valence-electron chi connectivity index (χ3n) is 4.94. The Kier molecular flexibility index (Phi) is 4.59. The maximum atomic E-state index is 12.7. The van der Waals surface area contributed by atoms with Crippen LogP contribution in [-0.4, -0.2) is 41.0 Å². The highest BCUT2D eigenvalue weighted by Crippen LogP contribution is 2.47. The molecule has 6 heteroatoms. The summed E-state index contributed by atoms with van der Waals surface area (Å²) in [5.74, 6) is -0.982. The molecule has 0 spiro atoms. The predicted molar refractivity (Wildman–Crippen MR) is 101 cm³/mol. The number of nitrogens with zero attached hydrogens (tertiary/aromatic N) is 2. The predicted octanol–water partition coefficient (Wildman–Crippen LogP) is 3.76. The molecule has 0 saturated carbocycles. The fraction of sp³-hybridized carbons (Fsp3) is 0.300. The molecular weight excluding hydrogens is 348 g/mol. The second kappa shape index (κ2) is 7.03. The SMILES string of the molecule is O=C(O)[C@H]1CCCN1C(=O)CCN1c2ccccc2Sc2ccccc21. The van der Waals surface area contributed by atoms with Crippen molar-refractivity contribution in [2.75, 3.05) is 18.0 Å². The summed E-state index contributed by atoms with van der Waals surface area (Å²) in [5.41, 5.74) is 2.19. The van der Waals surface area contributed by atoms with Crippen LogP contribution < -0.4 is 4.90 Å². The molecule has 0 bridgehead atoms. The van der Waals surface area contributed by atoms with Crippen LogP contribution in [0.5, 0.6) is 0 Å². The standard InChI is InChI=1S/C20H20N2O3S/c23-19(22-12-5-8-16(22)20(24)25)11-13-21-14-6-1-3-9-17(14)26-18-10-4-2-7-15(18)21/h1-4,6-7,9-10,16H,5,8,11-13H2,(H,24,25)/t16-/m1/s1. The summed E-state index contributed by atoms with van der Waals surface area (Å²) in [7, 11) is 0. The number of amides is 1. The van der Waals surface area contributed by atoms with E-state index in [2.05, 4.69) is 29.2 Å². The molecule has 2 aromatic rings. The second-order valence-corrected chi connectivity index (χ2v) is 7.61. The molecule has 134 valence electrons. The number of carbonyl (C=O) groups is 2. The maximum Gasteiger partial charge on any atom is 0.326 e. The number of carboxylic acid groups (broad SMARTS) is 1. The number of carbonyl (C=O) groups excluding carboxylic acids is 1. The van der Waals surface area contributed by atoms with Gasteiger partial charge in [0.2, 0.25) is 5.91 Å². The van der Waals surface area contributed by atoms with Crippen molar-refractivity contribution in [2.45, 2.75) is 35.1 Å². The van der Waals surface area contributed by atoms with E-state index in [1.807, 2.05) is 24.3 Å². The van der Waals surface area contributed by atoms with Crippen LogP contribution in [-0.2, 0) is 9.59 Å². The van der Waals surface area contributed by atoms with Gasteiger partial charge in [-0.15, -0.1) is 0 Å². The van der Waals surface area contributed by atoms with Gasteiger partial charge in [-0.3, -0.25) is 4.79 Å². The second-order valence-electron chi connectivity index (χ2n) is 6.52. The Hall–Kier alpha value is -2.47. The van der Waals surface area contributed by atoms with Crippen LogP contribution in [0.15, 0.2) is 58.3 Å². The van der Waals surface area contributed by atoms with Crippen molar-refractivity contribution in [3.8, 4) is 0 Å². The average Bonchev–Trinajstić information content (AvgIpc) is 3.15.